The lowest BCUT2D eigenvalue weighted by molar-refractivity contribution is 0.861. The van der Waals surface area contributed by atoms with Crippen LogP contribution in [0.2, 0.25) is 5.02 Å². The lowest BCUT2D eigenvalue weighted by Gasteiger charge is -2.15. The number of rotatable bonds is 3. The third-order valence-electron chi connectivity index (χ3n) is 3.70. The number of aromatic nitrogens is 2. The fraction of sp³-hybridized carbons (Fsp3) is 0.118. The van der Waals surface area contributed by atoms with Gasteiger partial charge in [0.1, 0.15) is 17.5 Å². The normalized spacial score (nSPS) is 11.9. The summed E-state index contributed by atoms with van der Waals surface area (Å²) in [5, 5.41) is 13.1. The van der Waals surface area contributed by atoms with Crippen LogP contribution in [0.15, 0.2) is 46.0 Å². The van der Waals surface area contributed by atoms with Gasteiger partial charge in [-0.05, 0) is 43.3 Å². The summed E-state index contributed by atoms with van der Waals surface area (Å²) < 4.78 is 0. The molecule has 0 radical (unpaired) electrons. The van der Waals surface area contributed by atoms with Gasteiger partial charge in [-0.2, -0.15) is 5.26 Å². The summed E-state index contributed by atoms with van der Waals surface area (Å²) in [5.74, 6) is 0. The van der Waals surface area contributed by atoms with Crippen LogP contribution < -0.4 is 16.4 Å². The van der Waals surface area contributed by atoms with Crippen molar-refractivity contribution in [1.29, 1.82) is 5.26 Å². The quantitative estimate of drug-likeness (QED) is 0.682. The molecular formula is C17H13ClN4O2. The Morgan fingerprint density at radius 3 is 2.62 bits per heavy atom. The van der Waals surface area contributed by atoms with Crippen LogP contribution in [-0.4, -0.2) is 9.97 Å². The van der Waals surface area contributed by atoms with Gasteiger partial charge >= 0.3 is 0 Å². The van der Waals surface area contributed by atoms with Crippen LogP contribution in [0.5, 0.6) is 0 Å². The van der Waals surface area contributed by atoms with E-state index < -0.39 is 11.6 Å². The molecule has 0 saturated heterocycles. The van der Waals surface area contributed by atoms with Crippen LogP contribution in [0.4, 0.5) is 5.69 Å². The van der Waals surface area contributed by atoms with Crippen molar-refractivity contribution < 1.29 is 0 Å². The van der Waals surface area contributed by atoms with Gasteiger partial charge in [0.15, 0.2) is 0 Å². The Balaban J connectivity index is 1.98. The highest BCUT2D eigenvalue weighted by Gasteiger charge is 2.13. The largest absolute Gasteiger partial charge is 0.374 e. The Kier molecular flexibility index (Phi) is 4.11. The standard InChI is InChI=1S/C17H13ClN4O2/c1-9(20-15-5-3-12(8-19)21-17(15)24)13-7-10-6-11(18)2-4-14(10)22-16(13)23/h2-7,9,20H,1H3,(H,21,24)(H,22,23)/t9-/m0/s1. The van der Waals surface area contributed by atoms with Gasteiger partial charge in [0.2, 0.25) is 0 Å². The third-order valence-corrected chi connectivity index (χ3v) is 3.94. The van der Waals surface area contributed by atoms with Crippen molar-refractivity contribution in [2.45, 2.75) is 13.0 Å². The van der Waals surface area contributed by atoms with Gasteiger partial charge in [0, 0.05) is 21.5 Å². The zero-order valence-corrected chi connectivity index (χ0v) is 13.4. The molecule has 120 valence electrons. The van der Waals surface area contributed by atoms with E-state index in [9.17, 15) is 9.59 Å². The molecule has 0 spiro atoms. The minimum Gasteiger partial charge on any atom is -0.374 e. The molecule has 0 aliphatic heterocycles. The van der Waals surface area contributed by atoms with Gasteiger partial charge in [0.25, 0.3) is 11.1 Å². The summed E-state index contributed by atoms with van der Waals surface area (Å²) in [6.07, 6.45) is 0. The lowest BCUT2D eigenvalue weighted by Crippen LogP contribution is -2.22. The van der Waals surface area contributed by atoms with Gasteiger partial charge < -0.3 is 15.3 Å². The first-order chi connectivity index (χ1) is 11.5. The average Bonchev–Trinajstić information content (AvgIpc) is 2.56. The van der Waals surface area contributed by atoms with Crippen molar-refractivity contribution >= 4 is 28.2 Å². The molecule has 3 aromatic rings. The summed E-state index contributed by atoms with van der Waals surface area (Å²) in [6.45, 7) is 1.78. The van der Waals surface area contributed by atoms with Gasteiger partial charge in [-0.15, -0.1) is 0 Å². The number of nitrogens with one attached hydrogen (secondary N) is 3. The Bertz CT molecular complexity index is 1080. The number of halogens is 1. The van der Waals surface area contributed by atoms with Crippen molar-refractivity contribution in [1.82, 2.24) is 9.97 Å². The predicted octanol–water partition coefficient (Wildman–Crippen LogP) is 2.91. The smallest absolute Gasteiger partial charge is 0.272 e. The molecule has 1 atom stereocenters. The average molecular weight is 341 g/mol. The first-order valence-corrected chi connectivity index (χ1v) is 7.58. The van der Waals surface area contributed by atoms with Crippen molar-refractivity contribution in [3.63, 3.8) is 0 Å². The molecule has 2 aromatic heterocycles. The van der Waals surface area contributed by atoms with E-state index in [1.54, 1.807) is 31.2 Å². The molecular weight excluding hydrogens is 328 g/mol. The van der Waals surface area contributed by atoms with E-state index in [-0.39, 0.29) is 16.9 Å². The molecule has 0 saturated carbocycles. The Morgan fingerprint density at radius 2 is 1.92 bits per heavy atom. The molecule has 0 unspecified atom stereocenters. The number of nitriles is 1. The van der Waals surface area contributed by atoms with E-state index >= 15 is 0 Å². The highest BCUT2D eigenvalue weighted by molar-refractivity contribution is 6.31. The number of pyridine rings is 2. The van der Waals surface area contributed by atoms with Crippen LogP contribution in [0.3, 0.4) is 0 Å². The zero-order valence-electron chi connectivity index (χ0n) is 12.7. The molecule has 0 bridgehead atoms. The Morgan fingerprint density at radius 1 is 1.12 bits per heavy atom. The topological polar surface area (TPSA) is 102 Å². The first-order valence-electron chi connectivity index (χ1n) is 7.20. The van der Waals surface area contributed by atoms with Crippen LogP contribution in [0, 0.1) is 11.3 Å². The SMILES string of the molecule is C[C@H](Nc1ccc(C#N)[nH]c1=O)c1cc2cc(Cl)ccc2[nH]c1=O. The lowest BCUT2D eigenvalue weighted by atomic mass is 10.1. The van der Waals surface area contributed by atoms with Gasteiger partial charge in [-0.1, -0.05) is 11.6 Å². The number of anilines is 1. The highest BCUT2D eigenvalue weighted by Crippen LogP contribution is 2.21. The second-order valence-corrected chi connectivity index (χ2v) is 5.81. The summed E-state index contributed by atoms with van der Waals surface area (Å²) in [5.41, 5.74) is 0.977. The summed E-state index contributed by atoms with van der Waals surface area (Å²) in [6, 6.07) is 11.4. The number of hydrogen-bond acceptors (Lipinski definition) is 4. The van der Waals surface area contributed by atoms with E-state index in [1.165, 1.54) is 12.1 Å². The molecule has 3 rings (SSSR count). The molecule has 24 heavy (non-hydrogen) atoms. The Hall–Kier alpha value is -3.04. The van der Waals surface area contributed by atoms with E-state index in [4.69, 9.17) is 16.9 Å². The van der Waals surface area contributed by atoms with Crippen molar-refractivity contribution in [2.24, 2.45) is 0 Å². The number of fused-ring (bicyclic) bond motifs is 1. The summed E-state index contributed by atoms with van der Waals surface area (Å²) >= 11 is 5.99. The maximum atomic E-state index is 12.3. The molecule has 3 N–H and O–H groups in total. The summed E-state index contributed by atoms with van der Waals surface area (Å²) in [4.78, 5) is 29.5. The maximum Gasteiger partial charge on any atom is 0.272 e. The maximum absolute atomic E-state index is 12.3. The fourth-order valence-corrected chi connectivity index (χ4v) is 2.66. The third kappa shape index (κ3) is 3.03. The zero-order chi connectivity index (χ0) is 17.3. The van der Waals surface area contributed by atoms with Gasteiger partial charge in [0.05, 0.1) is 6.04 Å². The minimum atomic E-state index is -0.416. The Labute approximate surface area is 141 Å². The molecule has 0 aliphatic rings. The predicted molar refractivity (Wildman–Crippen MR) is 93.4 cm³/mol. The van der Waals surface area contributed by atoms with Crippen molar-refractivity contribution in [3.8, 4) is 6.07 Å². The number of benzene rings is 1. The second-order valence-electron chi connectivity index (χ2n) is 5.38. The number of nitrogens with zero attached hydrogens (tertiary/aromatic N) is 1. The van der Waals surface area contributed by atoms with E-state index in [0.29, 0.717) is 16.1 Å². The minimum absolute atomic E-state index is 0.177. The van der Waals surface area contributed by atoms with Gasteiger partial charge in [-0.3, -0.25) is 9.59 Å². The van der Waals surface area contributed by atoms with E-state index in [0.717, 1.165) is 5.39 Å². The molecule has 0 fully saturated rings. The monoisotopic (exact) mass is 340 g/mol. The molecule has 7 heteroatoms. The molecule has 2 heterocycles. The molecule has 0 amide bonds. The highest BCUT2D eigenvalue weighted by atomic mass is 35.5. The first kappa shape index (κ1) is 15.8. The van der Waals surface area contributed by atoms with E-state index in [2.05, 4.69) is 15.3 Å². The molecule has 6 nitrogen and oxygen atoms in total. The molecule has 1 aromatic carbocycles. The number of H-pyrrole nitrogens is 2. The van der Waals surface area contributed by atoms with Crippen molar-refractivity contribution in [3.05, 3.63) is 73.4 Å². The van der Waals surface area contributed by atoms with Crippen LogP contribution in [0.25, 0.3) is 10.9 Å². The van der Waals surface area contributed by atoms with E-state index in [1.807, 2.05) is 6.07 Å². The second kappa shape index (κ2) is 6.22. The number of aromatic amines is 2. The van der Waals surface area contributed by atoms with Crippen LogP contribution in [0.1, 0.15) is 24.2 Å². The summed E-state index contributed by atoms with van der Waals surface area (Å²) in [7, 11) is 0. The fourth-order valence-electron chi connectivity index (χ4n) is 2.48. The van der Waals surface area contributed by atoms with Crippen LogP contribution >= 0.6 is 11.6 Å². The van der Waals surface area contributed by atoms with Crippen LogP contribution in [-0.2, 0) is 0 Å². The van der Waals surface area contributed by atoms with Crippen molar-refractivity contribution in [2.75, 3.05) is 5.32 Å². The van der Waals surface area contributed by atoms with Gasteiger partial charge in [-0.25, -0.2) is 0 Å². The number of hydrogen-bond donors (Lipinski definition) is 3. The molecule has 0 aliphatic carbocycles.